The molecule has 1 heterocycles. The van der Waals surface area contributed by atoms with Crippen LogP contribution in [0.1, 0.15) is 0 Å². The van der Waals surface area contributed by atoms with Crippen molar-refractivity contribution in [3.8, 4) is 0 Å². The Labute approximate surface area is 76.2 Å². The van der Waals surface area contributed by atoms with Crippen LogP contribution < -0.4 is 0 Å². The highest BCUT2D eigenvalue weighted by atomic mass is 31.2. The second kappa shape index (κ2) is 5.48. The molecule has 0 aromatic carbocycles. The van der Waals surface area contributed by atoms with Crippen LogP contribution in [0.2, 0.25) is 0 Å². The minimum Gasteiger partial charge on any atom is -0.321 e. The van der Waals surface area contributed by atoms with E-state index in [1.807, 2.05) is 6.20 Å². The Kier molecular flexibility index (Phi) is 4.99. The molecule has 0 bridgehead atoms. The Morgan fingerprint density at radius 2 is 2.00 bits per heavy atom. The molecule has 2 N–H and O–H groups in total. The van der Waals surface area contributed by atoms with E-state index in [9.17, 15) is 4.57 Å². The van der Waals surface area contributed by atoms with Gasteiger partial charge >= 0.3 is 7.60 Å². The summed E-state index contributed by atoms with van der Waals surface area (Å²) in [6, 6.07) is 0. The molecule has 0 aliphatic rings. The van der Waals surface area contributed by atoms with Crippen LogP contribution in [0.4, 0.5) is 0 Å². The monoisotopic (exact) mass is 202 g/mol. The maximum atomic E-state index is 9.58. The SMILES string of the molecule is C=CP(=O)(O)O.C=Cn1ccnc1. The van der Waals surface area contributed by atoms with Crippen molar-refractivity contribution in [1.29, 1.82) is 0 Å². The molecule has 1 rings (SSSR count). The Morgan fingerprint density at radius 3 is 2.15 bits per heavy atom. The van der Waals surface area contributed by atoms with Crippen LogP contribution in [0.15, 0.2) is 37.7 Å². The van der Waals surface area contributed by atoms with E-state index >= 15 is 0 Å². The van der Waals surface area contributed by atoms with Gasteiger partial charge in [0, 0.05) is 24.4 Å². The fourth-order valence-corrected chi connectivity index (χ4v) is 0.377. The van der Waals surface area contributed by atoms with Crippen molar-refractivity contribution < 1.29 is 14.4 Å². The van der Waals surface area contributed by atoms with E-state index in [0.717, 1.165) is 0 Å². The molecule has 6 heteroatoms. The number of nitrogens with zero attached hydrogens (tertiary/aromatic N) is 2. The van der Waals surface area contributed by atoms with Crippen LogP contribution in [0.5, 0.6) is 0 Å². The summed E-state index contributed by atoms with van der Waals surface area (Å²) in [5, 5.41) is 0. The van der Waals surface area contributed by atoms with Crippen LogP contribution in [-0.4, -0.2) is 19.3 Å². The first-order valence-electron chi connectivity index (χ1n) is 3.28. The summed E-state index contributed by atoms with van der Waals surface area (Å²) >= 11 is 0. The van der Waals surface area contributed by atoms with Gasteiger partial charge in [-0.15, -0.1) is 0 Å². The number of aromatic nitrogens is 2. The molecule has 0 saturated heterocycles. The second-order valence-corrected chi connectivity index (χ2v) is 3.51. The predicted octanol–water partition coefficient (Wildman–Crippen LogP) is 1.29. The average Bonchev–Trinajstić information content (AvgIpc) is 2.56. The fourth-order valence-electron chi connectivity index (χ4n) is 0.377. The maximum absolute atomic E-state index is 9.58. The molecule has 0 spiro atoms. The topological polar surface area (TPSA) is 75.3 Å². The lowest BCUT2D eigenvalue weighted by Crippen LogP contribution is -1.73. The van der Waals surface area contributed by atoms with Gasteiger partial charge < -0.3 is 14.4 Å². The third kappa shape index (κ3) is 7.21. The van der Waals surface area contributed by atoms with Gasteiger partial charge in [-0.05, 0) is 0 Å². The van der Waals surface area contributed by atoms with Crippen molar-refractivity contribution >= 4 is 13.8 Å². The summed E-state index contributed by atoms with van der Waals surface area (Å²) in [6.07, 6.45) is 6.91. The highest BCUT2D eigenvalue weighted by Crippen LogP contribution is 2.34. The highest BCUT2D eigenvalue weighted by Gasteiger charge is 2.00. The molecule has 0 aliphatic carbocycles. The molecule has 13 heavy (non-hydrogen) atoms. The van der Waals surface area contributed by atoms with Gasteiger partial charge in [-0.25, -0.2) is 4.98 Å². The number of hydrogen-bond acceptors (Lipinski definition) is 2. The average molecular weight is 202 g/mol. The number of rotatable bonds is 2. The molecule has 0 atom stereocenters. The third-order valence-electron chi connectivity index (χ3n) is 0.974. The van der Waals surface area contributed by atoms with Crippen LogP contribution in [0, 0.1) is 0 Å². The van der Waals surface area contributed by atoms with E-state index in [-0.39, 0.29) is 0 Å². The van der Waals surface area contributed by atoms with E-state index in [4.69, 9.17) is 9.79 Å². The van der Waals surface area contributed by atoms with E-state index in [2.05, 4.69) is 18.1 Å². The molecule has 0 radical (unpaired) electrons. The quantitative estimate of drug-likeness (QED) is 0.708. The summed E-state index contributed by atoms with van der Waals surface area (Å²) in [5.74, 6) is 0.604. The van der Waals surface area contributed by atoms with Crippen molar-refractivity contribution in [2.24, 2.45) is 0 Å². The standard InChI is InChI=1S/C5H6N2.C2H5O3P/c1-2-7-4-3-6-5-7;1-2-6(3,4)5/h2-5H,1H2;2H,1H2,(H2,3,4,5). The summed E-state index contributed by atoms with van der Waals surface area (Å²) in [5.41, 5.74) is 0. The summed E-state index contributed by atoms with van der Waals surface area (Å²) in [4.78, 5) is 19.4. The van der Waals surface area contributed by atoms with Gasteiger partial charge in [0.2, 0.25) is 0 Å². The smallest absolute Gasteiger partial charge is 0.321 e. The van der Waals surface area contributed by atoms with Crippen molar-refractivity contribution in [1.82, 2.24) is 9.55 Å². The predicted molar refractivity (Wildman–Crippen MR) is 50.9 cm³/mol. The largest absolute Gasteiger partial charge is 0.348 e. The van der Waals surface area contributed by atoms with Crippen LogP contribution >= 0.6 is 7.60 Å². The van der Waals surface area contributed by atoms with E-state index < -0.39 is 7.60 Å². The second-order valence-electron chi connectivity index (χ2n) is 1.96. The zero-order chi connectivity index (χ0) is 10.3. The Hall–Kier alpha value is -1.16. The third-order valence-corrected chi connectivity index (χ3v) is 1.45. The van der Waals surface area contributed by atoms with E-state index in [1.54, 1.807) is 23.3 Å². The van der Waals surface area contributed by atoms with Gasteiger partial charge in [-0.3, -0.25) is 4.57 Å². The van der Waals surface area contributed by atoms with Crippen molar-refractivity contribution in [2.45, 2.75) is 0 Å². The van der Waals surface area contributed by atoms with Crippen molar-refractivity contribution in [2.75, 3.05) is 0 Å². The molecule has 72 valence electrons. The van der Waals surface area contributed by atoms with Crippen LogP contribution in [0.3, 0.4) is 0 Å². The lowest BCUT2D eigenvalue weighted by atomic mass is 10.9. The van der Waals surface area contributed by atoms with Crippen molar-refractivity contribution in [3.05, 3.63) is 37.7 Å². The van der Waals surface area contributed by atoms with Gasteiger partial charge in [-0.1, -0.05) is 13.2 Å². The number of imidazole rings is 1. The van der Waals surface area contributed by atoms with E-state index in [0.29, 0.717) is 5.82 Å². The first-order valence-corrected chi connectivity index (χ1v) is 4.96. The first kappa shape index (κ1) is 11.8. The molecule has 1 aromatic rings. The van der Waals surface area contributed by atoms with Gasteiger partial charge in [-0.2, -0.15) is 0 Å². The maximum Gasteiger partial charge on any atom is 0.348 e. The Bertz CT molecular complexity index is 302. The zero-order valence-corrected chi connectivity index (χ0v) is 7.84. The molecular weight excluding hydrogens is 191 g/mol. The summed E-state index contributed by atoms with van der Waals surface area (Å²) in [6.45, 7) is 6.39. The molecular formula is C7H11N2O3P. The first-order chi connectivity index (χ1) is 5.99. The molecule has 1 aromatic heterocycles. The van der Waals surface area contributed by atoms with Gasteiger partial charge in [0.15, 0.2) is 0 Å². The van der Waals surface area contributed by atoms with Gasteiger partial charge in [0.05, 0.1) is 6.33 Å². The Balaban J connectivity index is 0.000000226. The molecule has 0 fully saturated rings. The summed E-state index contributed by atoms with van der Waals surface area (Å²) < 4.78 is 11.4. The molecule has 0 amide bonds. The minimum absolute atomic E-state index is 0.604. The van der Waals surface area contributed by atoms with Crippen LogP contribution in [0.25, 0.3) is 6.20 Å². The molecule has 5 nitrogen and oxygen atoms in total. The molecule has 0 unspecified atom stereocenters. The normalized spacial score (nSPS) is 9.69. The van der Waals surface area contributed by atoms with Crippen molar-refractivity contribution in [3.63, 3.8) is 0 Å². The molecule has 0 saturated carbocycles. The van der Waals surface area contributed by atoms with E-state index in [1.165, 1.54) is 0 Å². The Morgan fingerprint density at radius 1 is 1.46 bits per heavy atom. The van der Waals surface area contributed by atoms with Crippen LogP contribution in [-0.2, 0) is 4.57 Å². The highest BCUT2D eigenvalue weighted by molar-refractivity contribution is 7.55. The molecule has 0 aliphatic heterocycles. The van der Waals surface area contributed by atoms with Gasteiger partial charge in [0.1, 0.15) is 0 Å². The van der Waals surface area contributed by atoms with Gasteiger partial charge in [0.25, 0.3) is 0 Å². The zero-order valence-electron chi connectivity index (χ0n) is 6.95. The number of hydrogen-bond donors (Lipinski definition) is 2. The minimum atomic E-state index is -3.88. The lowest BCUT2D eigenvalue weighted by molar-refractivity contribution is 0.386. The fraction of sp³-hybridized carbons (Fsp3) is 0. The lowest BCUT2D eigenvalue weighted by Gasteiger charge is -1.87. The summed E-state index contributed by atoms with van der Waals surface area (Å²) in [7, 11) is -3.88.